The molecule has 1 aromatic rings. The summed E-state index contributed by atoms with van der Waals surface area (Å²) in [6.45, 7) is 8.84. The molecule has 0 saturated carbocycles. The van der Waals surface area contributed by atoms with Crippen LogP contribution in [0.4, 0.5) is 0 Å². The van der Waals surface area contributed by atoms with Crippen LogP contribution in [0.1, 0.15) is 64.4 Å². The van der Waals surface area contributed by atoms with Gasteiger partial charge in [0.25, 0.3) is 0 Å². The molecule has 1 saturated heterocycles. The summed E-state index contributed by atoms with van der Waals surface area (Å²) in [5.41, 5.74) is 1.57. The van der Waals surface area contributed by atoms with Gasteiger partial charge in [-0.15, -0.1) is 0 Å². The largest absolute Gasteiger partial charge is 0.375 e. The lowest BCUT2D eigenvalue weighted by Gasteiger charge is -2.40. The molecule has 2 heteroatoms. The molecular weight excluding hydrogens is 258 g/mol. The van der Waals surface area contributed by atoms with Crippen LogP contribution in [0.5, 0.6) is 0 Å². The van der Waals surface area contributed by atoms with Crippen molar-refractivity contribution in [2.45, 2.75) is 70.4 Å². The lowest BCUT2D eigenvalue weighted by Crippen LogP contribution is -2.46. The molecule has 118 valence electrons. The highest BCUT2D eigenvalue weighted by molar-refractivity contribution is 5.18. The van der Waals surface area contributed by atoms with Crippen LogP contribution >= 0.6 is 0 Å². The summed E-state index contributed by atoms with van der Waals surface area (Å²) >= 11 is 0. The monoisotopic (exact) mass is 289 g/mol. The van der Waals surface area contributed by atoms with Crippen molar-refractivity contribution in [3.8, 4) is 0 Å². The van der Waals surface area contributed by atoms with Gasteiger partial charge < -0.3 is 10.1 Å². The Bertz CT molecular complexity index is 399. The fourth-order valence-corrected chi connectivity index (χ4v) is 3.40. The normalized spacial score (nSPS) is 22.9. The van der Waals surface area contributed by atoms with Gasteiger partial charge in [0.2, 0.25) is 0 Å². The van der Waals surface area contributed by atoms with E-state index in [1.807, 2.05) is 0 Å². The third-order valence-corrected chi connectivity index (χ3v) is 5.16. The van der Waals surface area contributed by atoms with Gasteiger partial charge in [-0.1, -0.05) is 51.1 Å². The van der Waals surface area contributed by atoms with E-state index in [4.69, 9.17) is 4.74 Å². The summed E-state index contributed by atoms with van der Waals surface area (Å²) in [4.78, 5) is 0. The smallest absolute Gasteiger partial charge is 0.0692 e. The second-order valence-corrected chi connectivity index (χ2v) is 6.48. The minimum absolute atomic E-state index is 0.126. The van der Waals surface area contributed by atoms with E-state index in [0.29, 0.717) is 12.0 Å². The molecule has 0 spiro atoms. The van der Waals surface area contributed by atoms with Crippen LogP contribution in [0.3, 0.4) is 0 Å². The van der Waals surface area contributed by atoms with Gasteiger partial charge in [-0.2, -0.15) is 0 Å². The Kier molecular flexibility index (Phi) is 6.25. The average molecular weight is 289 g/mol. The number of hydrogen-bond acceptors (Lipinski definition) is 2. The third-order valence-electron chi connectivity index (χ3n) is 5.16. The highest BCUT2D eigenvalue weighted by Crippen LogP contribution is 2.31. The topological polar surface area (TPSA) is 21.3 Å². The molecule has 0 bridgehead atoms. The van der Waals surface area contributed by atoms with Crippen LogP contribution in [0.2, 0.25) is 0 Å². The minimum atomic E-state index is 0.126. The molecular formula is C19H31NO. The Labute approximate surface area is 130 Å². The van der Waals surface area contributed by atoms with Crippen molar-refractivity contribution in [3.63, 3.8) is 0 Å². The molecule has 0 amide bonds. The van der Waals surface area contributed by atoms with Crippen molar-refractivity contribution in [1.29, 1.82) is 0 Å². The second-order valence-electron chi connectivity index (χ2n) is 6.48. The first-order chi connectivity index (χ1) is 10.2. The summed E-state index contributed by atoms with van der Waals surface area (Å²) in [5.74, 6) is 0.626. The first-order valence-corrected chi connectivity index (χ1v) is 8.61. The molecule has 1 heterocycles. The molecule has 1 aliphatic rings. The van der Waals surface area contributed by atoms with E-state index in [1.165, 1.54) is 18.4 Å². The molecule has 1 aliphatic heterocycles. The van der Waals surface area contributed by atoms with E-state index in [9.17, 15) is 0 Å². The lowest BCUT2D eigenvalue weighted by molar-refractivity contribution is -0.0929. The number of rotatable bonds is 7. The summed E-state index contributed by atoms with van der Waals surface area (Å²) in [6, 6.07) is 11.5. The Hall–Kier alpha value is -0.860. The van der Waals surface area contributed by atoms with Crippen molar-refractivity contribution in [2.24, 2.45) is 0 Å². The number of ether oxygens (including phenoxy) is 1. The van der Waals surface area contributed by atoms with E-state index in [0.717, 1.165) is 32.4 Å². The zero-order chi connectivity index (χ0) is 15.1. The molecule has 0 radical (unpaired) electrons. The van der Waals surface area contributed by atoms with Gasteiger partial charge in [-0.3, -0.25) is 0 Å². The molecule has 0 aliphatic carbocycles. The number of hydrogen-bond donors (Lipinski definition) is 1. The van der Waals surface area contributed by atoms with E-state index in [1.54, 1.807) is 0 Å². The summed E-state index contributed by atoms with van der Waals surface area (Å²) < 4.78 is 6.05. The SMILES string of the molecule is CCC1(CC)CC(NCCC(C)c2ccccc2)CCO1. The van der Waals surface area contributed by atoms with Crippen molar-refractivity contribution in [3.05, 3.63) is 35.9 Å². The molecule has 2 nitrogen and oxygen atoms in total. The molecule has 2 atom stereocenters. The third kappa shape index (κ3) is 4.55. The highest BCUT2D eigenvalue weighted by Gasteiger charge is 2.34. The summed E-state index contributed by atoms with van der Waals surface area (Å²) in [7, 11) is 0. The first-order valence-electron chi connectivity index (χ1n) is 8.61. The van der Waals surface area contributed by atoms with Crippen LogP contribution in [0.25, 0.3) is 0 Å². The zero-order valence-corrected chi connectivity index (χ0v) is 13.9. The fraction of sp³-hybridized carbons (Fsp3) is 0.684. The summed E-state index contributed by atoms with van der Waals surface area (Å²) in [6.07, 6.45) is 5.78. The quantitative estimate of drug-likeness (QED) is 0.797. The second kappa shape index (κ2) is 7.95. The van der Waals surface area contributed by atoms with Crippen molar-refractivity contribution in [1.82, 2.24) is 5.32 Å². The van der Waals surface area contributed by atoms with Crippen LogP contribution in [-0.2, 0) is 4.74 Å². The van der Waals surface area contributed by atoms with E-state index in [-0.39, 0.29) is 5.60 Å². The molecule has 1 aromatic carbocycles. The predicted molar refractivity (Wildman–Crippen MR) is 89.8 cm³/mol. The lowest BCUT2D eigenvalue weighted by atomic mass is 9.86. The van der Waals surface area contributed by atoms with Gasteiger partial charge in [0.1, 0.15) is 0 Å². The minimum Gasteiger partial charge on any atom is -0.375 e. The van der Waals surface area contributed by atoms with Crippen LogP contribution < -0.4 is 5.32 Å². The van der Waals surface area contributed by atoms with Gasteiger partial charge in [0.05, 0.1) is 5.60 Å². The molecule has 1 fully saturated rings. The predicted octanol–water partition coefficient (Wildman–Crippen LogP) is 4.51. The van der Waals surface area contributed by atoms with Crippen LogP contribution in [0, 0.1) is 0 Å². The maximum absolute atomic E-state index is 6.05. The van der Waals surface area contributed by atoms with Gasteiger partial charge >= 0.3 is 0 Å². The molecule has 2 rings (SSSR count). The number of nitrogens with one attached hydrogen (secondary N) is 1. The van der Waals surface area contributed by atoms with Crippen LogP contribution in [-0.4, -0.2) is 24.8 Å². The van der Waals surface area contributed by atoms with Gasteiger partial charge in [0.15, 0.2) is 0 Å². The van der Waals surface area contributed by atoms with Crippen molar-refractivity contribution in [2.75, 3.05) is 13.2 Å². The van der Waals surface area contributed by atoms with Crippen LogP contribution in [0.15, 0.2) is 30.3 Å². The molecule has 21 heavy (non-hydrogen) atoms. The van der Waals surface area contributed by atoms with Gasteiger partial charge in [-0.05, 0) is 50.1 Å². The van der Waals surface area contributed by atoms with Gasteiger partial charge in [0, 0.05) is 12.6 Å². The highest BCUT2D eigenvalue weighted by atomic mass is 16.5. The van der Waals surface area contributed by atoms with E-state index in [2.05, 4.69) is 56.4 Å². The Balaban J connectivity index is 1.76. The Morgan fingerprint density at radius 2 is 1.95 bits per heavy atom. The average Bonchev–Trinajstić information content (AvgIpc) is 2.55. The fourth-order valence-electron chi connectivity index (χ4n) is 3.40. The molecule has 2 unspecified atom stereocenters. The zero-order valence-electron chi connectivity index (χ0n) is 13.9. The van der Waals surface area contributed by atoms with E-state index >= 15 is 0 Å². The Morgan fingerprint density at radius 3 is 2.62 bits per heavy atom. The number of benzene rings is 1. The van der Waals surface area contributed by atoms with Gasteiger partial charge in [-0.25, -0.2) is 0 Å². The van der Waals surface area contributed by atoms with E-state index < -0.39 is 0 Å². The van der Waals surface area contributed by atoms with Crippen molar-refractivity contribution >= 4 is 0 Å². The summed E-state index contributed by atoms with van der Waals surface area (Å²) in [5, 5.41) is 3.77. The molecule has 1 N–H and O–H groups in total. The maximum atomic E-state index is 6.05. The Morgan fingerprint density at radius 1 is 1.24 bits per heavy atom. The standard InChI is InChI=1S/C19H31NO/c1-4-19(5-2)15-18(12-14-21-19)20-13-11-16(3)17-9-7-6-8-10-17/h6-10,16,18,20H,4-5,11-15H2,1-3H3. The molecule has 0 aromatic heterocycles. The maximum Gasteiger partial charge on any atom is 0.0692 e. The first kappa shape index (κ1) is 16.5. The van der Waals surface area contributed by atoms with Crippen molar-refractivity contribution < 1.29 is 4.74 Å².